The monoisotopic (exact) mass is 473 g/mol. The molecule has 34 heavy (non-hydrogen) atoms. The standard InChI is InChI=1S/C27H20ClNO5/c1-15-3-5-16(6-4-15)14-29-23(17-7-9-18(10-8-17)27(32)33-2)22-24(30)20-13-19(28)11-12-21(20)34-25(22)26(29)31/h3-13,23H,14H2,1-2H3/t23-/m1/s1. The molecular weight excluding hydrogens is 454 g/mol. The van der Waals surface area contributed by atoms with Crippen molar-refractivity contribution < 1.29 is 18.7 Å². The van der Waals surface area contributed by atoms with E-state index in [9.17, 15) is 14.4 Å². The lowest BCUT2D eigenvalue weighted by Gasteiger charge is -2.25. The molecule has 1 amide bonds. The Balaban J connectivity index is 1.68. The first-order valence-corrected chi connectivity index (χ1v) is 11.1. The summed E-state index contributed by atoms with van der Waals surface area (Å²) in [6.45, 7) is 2.27. The lowest BCUT2D eigenvalue weighted by molar-refractivity contribution is 0.0599. The minimum Gasteiger partial charge on any atom is -0.465 e. The van der Waals surface area contributed by atoms with Crippen molar-refractivity contribution in [2.75, 3.05) is 7.11 Å². The Morgan fingerprint density at radius 2 is 1.74 bits per heavy atom. The Kier molecular flexibility index (Phi) is 5.46. The molecule has 0 spiro atoms. The zero-order valence-corrected chi connectivity index (χ0v) is 19.3. The van der Waals surface area contributed by atoms with E-state index in [2.05, 4.69) is 0 Å². The summed E-state index contributed by atoms with van der Waals surface area (Å²) in [5.41, 5.74) is 3.34. The predicted octanol–water partition coefficient (Wildman–Crippen LogP) is 5.29. The van der Waals surface area contributed by atoms with Gasteiger partial charge in [0.1, 0.15) is 5.58 Å². The summed E-state index contributed by atoms with van der Waals surface area (Å²) < 4.78 is 10.7. The van der Waals surface area contributed by atoms with Crippen LogP contribution in [-0.4, -0.2) is 23.9 Å². The van der Waals surface area contributed by atoms with Crippen molar-refractivity contribution in [3.63, 3.8) is 0 Å². The summed E-state index contributed by atoms with van der Waals surface area (Å²) in [7, 11) is 1.31. The second-order valence-electron chi connectivity index (χ2n) is 8.25. The van der Waals surface area contributed by atoms with E-state index in [1.165, 1.54) is 7.11 Å². The molecule has 7 heteroatoms. The van der Waals surface area contributed by atoms with Crippen molar-refractivity contribution in [3.05, 3.63) is 116 Å². The average molecular weight is 474 g/mol. The minimum absolute atomic E-state index is 0.0222. The quantitative estimate of drug-likeness (QED) is 0.376. The molecule has 0 radical (unpaired) electrons. The van der Waals surface area contributed by atoms with Gasteiger partial charge in [0.2, 0.25) is 5.76 Å². The van der Waals surface area contributed by atoms with Gasteiger partial charge in [-0.2, -0.15) is 0 Å². The third kappa shape index (κ3) is 3.66. The Hall–Kier alpha value is -3.90. The van der Waals surface area contributed by atoms with E-state index >= 15 is 0 Å². The molecule has 5 rings (SSSR count). The van der Waals surface area contributed by atoms with Gasteiger partial charge in [0, 0.05) is 11.6 Å². The molecule has 0 unspecified atom stereocenters. The lowest BCUT2D eigenvalue weighted by Crippen LogP contribution is -2.29. The van der Waals surface area contributed by atoms with Crippen LogP contribution >= 0.6 is 11.6 Å². The van der Waals surface area contributed by atoms with Gasteiger partial charge in [-0.3, -0.25) is 9.59 Å². The zero-order valence-electron chi connectivity index (χ0n) is 18.5. The highest BCUT2D eigenvalue weighted by atomic mass is 35.5. The van der Waals surface area contributed by atoms with Gasteiger partial charge in [-0.15, -0.1) is 0 Å². The van der Waals surface area contributed by atoms with E-state index in [0.717, 1.165) is 11.1 Å². The average Bonchev–Trinajstić information content (AvgIpc) is 3.12. The molecule has 1 atom stereocenters. The van der Waals surface area contributed by atoms with Crippen molar-refractivity contribution in [2.24, 2.45) is 0 Å². The number of fused-ring (bicyclic) bond motifs is 2. The lowest BCUT2D eigenvalue weighted by atomic mass is 9.97. The number of methoxy groups -OCH3 is 1. The van der Waals surface area contributed by atoms with Gasteiger partial charge < -0.3 is 14.1 Å². The Bertz CT molecular complexity index is 1490. The van der Waals surface area contributed by atoms with Crippen LogP contribution in [0.5, 0.6) is 0 Å². The highest BCUT2D eigenvalue weighted by Crippen LogP contribution is 2.39. The topological polar surface area (TPSA) is 76.8 Å². The third-order valence-electron chi connectivity index (χ3n) is 6.05. The number of carbonyl (C=O) groups excluding carboxylic acids is 2. The van der Waals surface area contributed by atoms with Gasteiger partial charge in [-0.05, 0) is 48.4 Å². The molecule has 0 aliphatic carbocycles. The number of hydrogen-bond donors (Lipinski definition) is 0. The molecule has 170 valence electrons. The Labute approximate surface area is 200 Å². The van der Waals surface area contributed by atoms with Gasteiger partial charge >= 0.3 is 5.97 Å². The van der Waals surface area contributed by atoms with Gasteiger partial charge in [0.15, 0.2) is 5.43 Å². The summed E-state index contributed by atoms with van der Waals surface area (Å²) >= 11 is 6.13. The van der Waals surface area contributed by atoms with Crippen LogP contribution in [0.4, 0.5) is 0 Å². The smallest absolute Gasteiger partial charge is 0.337 e. The Morgan fingerprint density at radius 1 is 1.03 bits per heavy atom. The molecule has 1 aliphatic heterocycles. The molecule has 1 aliphatic rings. The molecule has 4 aromatic rings. The highest BCUT2D eigenvalue weighted by Gasteiger charge is 2.42. The molecule has 1 aromatic heterocycles. The van der Waals surface area contributed by atoms with E-state index in [-0.39, 0.29) is 29.2 Å². The van der Waals surface area contributed by atoms with Crippen LogP contribution in [0.2, 0.25) is 5.02 Å². The number of benzene rings is 3. The van der Waals surface area contributed by atoms with E-state index in [1.807, 2.05) is 31.2 Å². The first-order valence-electron chi connectivity index (χ1n) is 10.7. The zero-order chi connectivity index (χ0) is 24.0. The molecule has 2 heterocycles. The maximum Gasteiger partial charge on any atom is 0.337 e. The van der Waals surface area contributed by atoms with Crippen molar-refractivity contribution in [3.8, 4) is 0 Å². The van der Waals surface area contributed by atoms with Crippen molar-refractivity contribution >= 4 is 34.4 Å². The van der Waals surface area contributed by atoms with Gasteiger partial charge in [0.25, 0.3) is 5.91 Å². The van der Waals surface area contributed by atoms with Crippen LogP contribution in [0.25, 0.3) is 11.0 Å². The number of ether oxygens (including phenoxy) is 1. The molecule has 6 nitrogen and oxygen atoms in total. The summed E-state index contributed by atoms with van der Waals surface area (Å²) in [6.07, 6.45) is 0. The fraction of sp³-hybridized carbons (Fsp3) is 0.148. The maximum atomic E-state index is 13.6. The molecule has 0 saturated heterocycles. The SMILES string of the molecule is COC(=O)c1ccc([C@@H]2c3c(oc4ccc(Cl)cc4c3=O)C(=O)N2Cc2ccc(C)cc2)cc1. The number of amides is 1. The maximum absolute atomic E-state index is 13.6. The van der Waals surface area contributed by atoms with E-state index in [1.54, 1.807) is 47.4 Å². The van der Waals surface area contributed by atoms with Crippen LogP contribution in [0.1, 0.15) is 49.2 Å². The molecule has 0 fully saturated rings. The second-order valence-corrected chi connectivity index (χ2v) is 8.69. The fourth-order valence-corrected chi connectivity index (χ4v) is 4.48. The van der Waals surface area contributed by atoms with Crippen LogP contribution in [0, 0.1) is 6.92 Å². The number of carbonyl (C=O) groups is 2. The first-order chi connectivity index (χ1) is 16.4. The van der Waals surface area contributed by atoms with Crippen molar-refractivity contribution in [2.45, 2.75) is 19.5 Å². The minimum atomic E-state index is -0.685. The normalized spacial score (nSPS) is 15.0. The molecule has 3 aromatic carbocycles. The third-order valence-corrected chi connectivity index (χ3v) is 6.28. The van der Waals surface area contributed by atoms with Crippen molar-refractivity contribution in [1.29, 1.82) is 0 Å². The van der Waals surface area contributed by atoms with Crippen LogP contribution < -0.4 is 5.43 Å². The van der Waals surface area contributed by atoms with Crippen LogP contribution in [0.3, 0.4) is 0 Å². The summed E-state index contributed by atoms with van der Waals surface area (Å²) in [5, 5.41) is 0.715. The van der Waals surface area contributed by atoms with Crippen LogP contribution in [-0.2, 0) is 11.3 Å². The number of rotatable bonds is 4. The second kappa shape index (κ2) is 8.47. The van der Waals surface area contributed by atoms with E-state index < -0.39 is 12.0 Å². The first kappa shape index (κ1) is 21.9. The summed E-state index contributed by atoms with van der Waals surface area (Å²) in [4.78, 5) is 40.6. The summed E-state index contributed by atoms with van der Waals surface area (Å²) in [6, 6.07) is 18.6. The number of halogens is 1. The van der Waals surface area contributed by atoms with Gasteiger partial charge in [0.05, 0.1) is 29.7 Å². The van der Waals surface area contributed by atoms with Crippen LogP contribution in [0.15, 0.2) is 75.9 Å². The highest BCUT2D eigenvalue weighted by molar-refractivity contribution is 6.31. The molecule has 0 N–H and O–H groups in total. The number of aryl methyl sites for hydroxylation is 1. The molecular formula is C27H20ClNO5. The molecule has 0 saturated carbocycles. The fourth-order valence-electron chi connectivity index (χ4n) is 4.31. The number of hydrogen-bond acceptors (Lipinski definition) is 5. The summed E-state index contributed by atoms with van der Waals surface area (Å²) in [5.74, 6) is -0.813. The van der Waals surface area contributed by atoms with Gasteiger partial charge in [-0.25, -0.2) is 4.79 Å². The largest absolute Gasteiger partial charge is 0.465 e. The van der Waals surface area contributed by atoms with Gasteiger partial charge in [-0.1, -0.05) is 53.6 Å². The van der Waals surface area contributed by atoms with E-state index in [0.29, 0.717) is 27.1 Å². The molecule has 0 bridgehead atoms. The number of esters is 1. The Morgan fingerprint density at radius 3 is 2.41 bits per heavy atom. The predicted molar refractivity (Wildman–Crippen MR) is 128 cm³/mol. The number of nitrogens with zero attached hydrogens (tertiary/aromatic N) is 1. The van der Waals surface area contributed by atoms with Crippen molar-refractivity contribution in [1.82, 2.24) is 4.90 Å². The van der Waals surface area contributed by atoms with E-state index in [4.69, 9.17) is 20.8 Å².